The number of nitrogens with zero attached hydrogens (tertiary/aromatic N) is 1. The number of likely N-dealkylation sites (tertiary alicyclic amines) is 1. The number of carbonyl (C=O) groups is 3. The molecule has 2 N–H and O–H groups in total. The van der Waals surface area contributed by atoms with Crippen LogP contribution in [0.25, 0.3) is 11.1 Å². The molecule has 0 radical (unpaired) electrons. The second-order valence-corrected chi connectivity index (χ2v) is 10.1. The van der Waals surface area contributed by atoms with Crippen molar-refractivity contribution in [3.63, 3.8) is 0 Å². The van der Waals surface area contributed by atoms with Crippen LogP contribution in [0.4, 0.5) is 4.79 Å². The molecule has 1 heterocycles. The Balaban J connectivity index is 1.18. The molecule has 4 atom stereocenters. The Kier molecular flexibility index (Phi) is 6.50. The third-order valence-corrected chi connectivity index (χ3v) is 7.93. The van der Waals surface area contributed by atoms with Gasteiger partial charge in [-0.1, -0.05) is 61.9 Å². The fraction of sp³-hybridized carbons (Fsp3) is 0.464. The summed E-state index contributed by atoms with van der Waals surface area (Å²) < 4.78 is 5.68. The number of nitrogens with one attached hydrogen (secondary N) is 1. The Bertz CT molecular complexity index is 1090. The van der Waals surface area contributed by atoms with Crippen molar-refractivity contribution in [3.8, 4) is 11.1 Å². The van der Waals surface area contributed by atoms with E-state index in [9.17, 15) is 19.5 Å². The Hall–Kier alpha value is -3.35. The normalized spacial score (nSPS) is 25.6. The molecule has 184 valence electrons. The maximum absolute atomic E-state index is 13.1. The summed E-state index contributed by atoms with van der Waals surface area (Å²) in [5.74, 6) is -1.35. The molecular weight excluding hydrogens is 444 g/mol. The number of carboxylic acid groups (broad SMARTS) is 1. The summed E-state index contributed by atoms with van der Waals surface area (Å²) in [6, 6.07) is 15.5. The highest BCUT2D eigenvalue weighted by Gasteiger charge is 2.42. The predicted octanol–water partition coefficient (Wildman–Crippen LogP) is 4.41. The zero-order chi connectivity index (χ0) is 24.5. The molecule has 7 heteroatoms. The van der Waals surface area contributed by atoms with Gasteiger partial charge in [-0.05, 0) is 53.9 Å². The largest absolute Gasteiger partial charge is 0.480 e. The Morgan fingerprint density at radius 3 is 2.31 bits per heavy atom. The van der Waals surface area contributed by atoms with E-state index in [1.165, 1.54) is 16.0 Å². The predicted molar refractivity (Wildman–Crippen MR) is 131 cm³/mol. The van der Waals surface area contributed by atoms with E-state index in [0.717, 1.165) is 30.4 Å². The average Bonchev–Trinajstić information content (AvgIpc) is 3.40. The number of carbonyl (C=O) groups excluding carboxylic acids is 2. The van der Waals surface area contributed by atoms with E-state index in [2.05, 4.69) is 29.6 Å². The number of carboxylic acids is 1. The Labute approximate surface area is 205 Å². The van der Waals surface area contributed by atoms with Gasteiger partial charge in [-0.3, -0.25) is 4.79 Å². The first kappa shape index (κ1) is 23.4. The molecule has 2 unspecified atom stereocenters. The molecule has 0 bridgehead atoms. The number of aliphatic carboxylic acids is 1. The van der Waals surface area contributed by atoms with Gasteiger partial charge in [0, 0.05) is 24.4 Å². The van der Waals surface area contributed by atoms with Crippen LogP contribution in [0.15, 0.2) is 48.5 Å². The molecule has 2 aliphatic carbocycles. The standard InChI is InChI=1S/C28H32N2O5/c1-17-13-14-30(25(17)27(32)33)26(31)18-7-6-8-19(15-18)29-28(34)35-16-24-22-11-4-2-9-20(22)21-10-3-5-12-23(21)24/h2-5,9-12,17-19,24-25H,6-8,13-16H2,1H3,(H,29,34)(H,32,33)/t17?,18-,19+,25?/m1/s1. The van der Waals surface area contributed by atoms with Crippen molar-refractivity contribution >= 4 is 18.0 Å². The maximum Gasteiger partial charge on any atom is 0.407 e. The van der Waals surface area contributed by atoms with E-state index < -0.39 is 18.1 Å². The van der Waals surface area contributed by atoms with Gasteiger partial charge >= 0.3 is 12.1 Å². The van der Waals surface area contributed by atoms with Crippen LogP contribution < -0.4 is 5.32 Å². The summed E-state index contributed by atoms with van der Waals surface area (Å²) in [7, 11) is 0. The van der Waals surface area contributed by atoms with Crippen LogP contribution in [0, 0.1) is 11.8 Å². The lowest BCUT2D eigenvalue weighted by atomic mass is 9.84. The van der Waals surface area contributed by atoms with Crippen LogP contribution in [0.3, 0.4) is 0 Å². The lowest BCUT2D eigenvalue weighted by molar-refractivity contribution is -0.151. The molecule has 5 rings (SSSR count). The van der Waals surface area contributed by atoms with Crippen molar-refractivity contribution in [2.75, 3.05) is 13.2 Å². The first-order chi connectivity index (χ1) is 16.9. The maximum atomic E-state index is 13.1. The molecule has 2 fully saturated rings. The highest BCUT2D eigenvalue weighted by atomic mass is 16.5. The lowest BCUT2D eigenvalue weighted by Crippen LogP contribution is -2.48. The van der Waals surface area contributed by atoms with Crippen LogP contribution in [0.1, 0.15) is 56.1 Å². The van der Waals surface area contributed by atoms with E-state index in [0.29, 0.717) is 19.4 Å². The summed E-state index contributed by atoms with van der Waals surface area (Å²) in [6.45, 7) is 2.62. The van der Waals surface area contributed by atoms with Gasteiger partial charge in [0.15, 0.2) is 0 Å². The SMILES string of the molecule is CC1CCN(C(=O)[C@@H]2CCC[C@H](NC(=O)OCC3c4ccccc4-c4ccccc43)C2)C1C(=O)O. The number of rotatable bonds is 5. The Morgan fingerprint density at radius 1 is 1.00 bits per heavy atom. The quantitative estimate of drug-likeness (QED) is 0.667. The topological polar surface area (TPSA) is 95.9 Å². The van der Waals surface area contributed by atoms with Crippen LogP contribution in [0.5, 0.6) is 0 Å². The van der Waals surface area contributed by atoms with Gasteiger partial charge in [-0.15, -0.1) is 0 Å². The van der Waals surface area contributed by atoms with Gasteiger partial charge < -0.3 is 20.1 Å². The molecule has 2 aromatic carbocycles. The minimum atomic E-state index is -0.938. The number of alkyl carbamates (subject to hydrolysis) is 1. The number of benzene rings is 2. The van der Waals surface area contributed by atoms with Gasteiger partial charge in [0.05, 0.1) is 0 Å². The van der Waals surface area contributed by atoms with E-state index in [-0.39, 0.29) is 36.3 Å². The van der Waals surface area contributed by atoms with Gasteiger partial charge in [-0.25, -0.2) is 9.59 Å². The van der Waals surface area contributed by atoms with Crippen LogP contribution in [-0.2, 0) is 14.3 Å². The summed E-state index contributed by atoms with van der Waals surface area (Å²) >= 11 is 0. The number of ether oxygens (including phenoxy) is 1. The van der Waals surface area contributed by atoms with Crippen molar-refractivity contribution in [1.29, 1.82) is 0 Å². The molecule has 35 heavy (non-hydrogen) atoms. The van der Waals surface area contributed by atoms with Crippen LogP contribution in [-0.4, -0.2) is 53.2 Å². The minimum Gasteiger partial charge on any atom is -0.480 e. The molecule has 1 saturated heterocycles. The van der Waals surface area contributed by atoms with E-state index >= 15 is 0 Å². The summed E-state index contributed by atoms with van der Waals surface area (Å²) in [5.41, 5.74) is 4.69. The first-order valence-electron chi connectivity index (χ1n) is 12.6. The number of hydrogen-bond donors (Lipinski definition) is 2. The minimum absolute atomic E-state index is 0.000981. The van der Waals surface area contributed by atoms with Gasteiger partial charge in [0.25, 0.3) is 0 Å². The zero-order valence-electron chi connectivity index (χ0n) is 20.0. The highest BCUT2D eigenvalue weighted by Crippen LogP contribution is 2.44. The molecule has 0 spiro atoms. The molecule has 7 nitrogen and oxygen atoms in total. The van der Waals surface area contributed by atoms with Crippen LogP contribution in [0.2, 0.25) is 0 Å². The molecular formula is C28H32N2O5. The first-order valence-corrected chi connectivity index (χ1v) is 12.6. The third-order valence-electron chi connectivity index (χ3n) is 7.93. The van der Waals surface area contributed by atoms with Gasteiger partial charge in [0.2, 0.25) is 5.91 Å². The summed E-state index contributed by atoms with van der Waals surface area (Å²) in [5, 5.41) is 12.5. The Morgan fingerprint density at radius 2 is 1.66 bits per heavy atom. The smallest absolute Gasteiger partial charge is 0.407 e. The molecule has 1 saturated carbocycles. The molecule has 2 aromatic rings. The second kappa shape index (κ2) is 9.72. The van der Waals surface area contributed by atoms with Gasteiger partial charge in [-0.2, -0.15) is 0 Å². The van der Waals surface area contributed by atoms with Crippen molar-refractivity contribution in [3.05, 3.63) is 59.7 Å². The number of amides is 2. The van der Waals surface area contributed by atoms with Crippen molar-refractivity contribution in [2.45, 2.75) is 57.0 Å². The van der Waals surface area contributed by atoms with E-state index in [1.807, 2.05) is 31.2 Å². The van der Waals surface area contributed by atoms with Gasteiger partial charge in [0.1, 0.15) is 12.6 Å². The summed E-state index contributed by atoms with van der Waals surface area (Å²) in [6.07, 6.45) is 3.07. The van der Waals surface area contributed by atoms with Crippen molar-refractivity contribution < 1.29 is 24.2 Å². The molecule has 1 aliphatic heterocycles. The highest BCUT2D eigenvalue weighted by molar-refractivity contribution is 5.86. The van der Waals surface area contributed by atoms with Crippen molar-refractivity contribution in [1.82, 2.24) is 10.2 Å². The fourth-order valence-corrected chi connectivity index (χ4v) is 6.16. The van der Waals surface area contributed by atoms with E-state index in [1.54, 1.807) is 0 Å². The fourth-order valence-electron chi connectivity index (χ4n) is 6.16. The molecule has 3 aliphatic rings. The molecule has 0 aromatic heterocycles. The lowest BCUT2D eigenvalue weighted by Gasteiger charge is -2.33. The van der Waals surface area contributed by atoms with Crippen LogP contribution >= 0.6 is 0 Å². The number of hydrogen-bond acceptors (Lipinski definition) is 4. The van der Waals surface area contributed by atoms with Crippen molar-refractivity contribution in [2.24, 2.45) is 11.8 Å². The number of fused-ring (bicyclic) bond motifs is 3. The zero-order valence-corrected chi connectivity index (χ0v) is 20.0. The summed E-state index contributed by atoms with van der Waals surface area (Å²) in [4.78, 5) is 39.1. The average molecular weight is 477 g/mol. The monoisotopic (exact) mass is 476 g/mol. The van der Waals surface area contributed by atoms with E-state index in [4.69, 9.17) is 4.74 Å². The molecule has 2 amide bonds. The second-order valence-electron chi connectivity index (χ2n) is 10.1. The third kappa shape index (κ3) is 4.51.